The lowest BCUT2D eigenvalue weighted by molar-refractivity contribution is 0.187. The van der Waals surface area contributed by atoms with Crippen molar-refractivity contribution in [1.29, 1.82) is 0 Å². The quantitative estimate of drug-likeness (QED) is 0.488. The molecule has 0 unspecified atom stereocenters. The molecule has 1 fully saturated rings. The number of rotatable bonds is 2. The van der Waals surface area contributed by atoms with Crippen LogP contribution >= 0.6 is 22.9 Å². The molecule has 0 radical (unpaired) electrons. The Balaban J connectivity index is 1.17. The van der Waals surface area contributed by atoms with E-state index in [1.807, 2.05) is 17.5 Å². The highest BCUT2D eigenvalue weighted by molar-refractivity contribution is 7.12. The van der Waals surface area contributed by atoms with E-state index in [9.17, 15) is 0 Å². The Labute approximate surface area is 214 Å². The number of hydrogen-bond donors (Lipinski definition) is 2. The summed E-state index contributed by atoms with van der Waals surface area (Å²) in [7, 11) is 0. The van der Waals surface area contributed by atoms with Gasteiger partial charge >= 0.3 is 0 Å². The number of nitrogen functional groups attached to an aromatic ring is 1. The maximum absolute atomic E-state index is 6.88. The monoisotopic (exact) mass is 507 g/mol. The molecule has 3 aromatic rings. The average Bonchev–Trinajstić information content (AvgIpc) is 3.47. The number of anilines is 2. The zero-order valence-corrected chi connectivity index (χ0v) is 21.9. The third-order valence-electron chi connectivity index (χ3n) is 7.70. The summed E-state index contributed by atoms with van der Waals surface area (Å²) in [5, 5.41) is 0.345. The summed E-state index contributed by atoms with van der Waals surface area (Å²) in [5.74, 6) is 1.28. The van der Waals surface area contributed by atoms with Crippen molar-refractivity contribution in [3.8, 4) is 0 Å². The van der Waals surface area contributed by atoms with Crippen LogP contribution in [0.1, 0.15) is 71.9 Å². The third kappa shape index (κ3) is 3.82. The van der Waals surface area contributed by atoms with Crippen molar-refractivity contribution in [2.24, 2.45) is 16.1 Å². The number of fused-ring (bicyclic) bond motifs is 2. The number of hydrogen-bond acceptors (Lipinski definition) is 8. The SMILES string of the molecule is CC(C)(C)c1cc2c(s1)CC1(CCN(c3cnc4c(n3)CN=C4c3cc(N)nc(Cl)c3)CC1)[C@@H]2N. The molecule has 182 valence electrons. The number of thiophene rings is 1. The molecule has 1 saturated heterocycles. The fraction of sp³-hybridized carbons (Fsp3) is 0.462. The van der Waals surface area contributed by atoms with Crippen molar-refractivity contribution in [3.05, 3.63) is 61.8 Å². The first-order valence-electron chi connectivity index (χ1n) is 12.1. The standard InChI is InChI=1S/C26H30ClN7S/c1-25(2,3)18-10-15-17(35-18)11-26(24(15)29)4-6-34(7-5-26)21-13-31-23-16(32-21)12-30-22(23)14-8-19(27)33-20(28)9-14/h8-10,13,24H,4-7,11-12,29H2,1-3H3,(H2,28,33)/t24-/m1/s1. The molecule has 1 aliphatic carbocycles. The molecule has 1 spiro atoms. The van der Waals surface area contributed by atoms with Gasteiger partial charge in [0.25, 0.3) is 0 Å². The van der Waals surface area contributed by atoms with Gasteiger partial charge in [-0.2, -0.15) is 0 Å². The number of aliphatic imine (C=N–C) groups is 1. The Hall–Kier alpha value is -2.55. The molecule has 4 N–H and O–H groups in total. The summed E-state index contributed by atoms with van der Waals surface area (Å²) in [5.41, 5.74) is 17.7. The van der Waals surface area contributed by atoms with E-state index >= 15 is 0 Å². The third-order valence-corrected chi connectivity index (χ3v) is 9.47. The molecule has 3 aliphatic rings. The van der Waals surface area contributed by atoms with Gasteiger partial charge in [0.15, 0.2) is 0 Å². The number of halogens is 1. The van der Waals surface area contributed by atoms with Crippen LogP contribution in [0.3, 0.4) is 0 Å². The van der Waals surface area contributed by atoms with Gasteiger partial charge in [-0.15, -0.1) is 11.3 Å². The topological polar surface area (TPSA) is 106 Å². The minimum atomic E-state index is 0.119. The van der Waals surface area contributed by atoms with Crippen LogP contribution in [0.4, 0.5) is 11.6 Å². The molecule has 1 atom stereocenters. The number of aromatic nitrogens is 3. The molecular formula is C26H30ClN7S. The average molecular weight is 508 g/mol. The normalized spacial score (nSPS) is 20.8. The van der Waals surface area contributed by atoms with Gasteiger partial charge in [0.05, 0.1) is 24.1 Å². The Bertz CT molecular complexity index is 1330. The molecule has 2 aliphatic heterocycles. The van der Waals surface area contributed by atoms with E-state index < -0.39 is 0 Å². The van der Waals surface area contributed by atoms with Crippen molar-refractivity contribution in [2.75, 3.05) is 23.7 Å². The lowest BCUT2D eigenvalue weighted by Crippen LogP contribution is -2.44. The molecule has 0 amide bonds. The molecule has 0 saturated carbocycles. The zero-order chi connectivity index (χ0) is 24.5. The Kier molecular flexibility index (Phi) is 5.22. The summed E-state index contributed by atoms with van der Waals surface area (Å²) < 4.78 is 0. The Morgan fingerprint density at radius 3 is 2.60 bits per heavy atom. The van der Waals surface area contributed by atoms with Crippen LogP contribution in [0.5, 0.6) is 0 Å². The van der Waals surface area contributed by atoms with E-state index in [2.05, 4.69) is 41.7 Å². The van der Waals surface area contributed by atoms with Crippen LogP contribution in [0, 0.1) is 5.41 Å². The van der Waals surface area contributed by atoms with Crippen LogP contribution in [0.25, 0.3) is 0 Å². The largest absolute Gasteiger partial charge is 0.384 e. The Morgan fingerprint density at radius 2 is 1.91 bits per heavy atom. The van der Waals surface area contributed by atoms with Gasteiger partial charge < -0.3 is 16.4 Å². The van der Waals surface area contributed by atoms with Crippen molar-refractivity contribution in [1.82, 2.24) is 15.0 Å². The summed E-state index contributed by atoms with van der Waals surface area (Å²) in [6.45, 7) is 9.21. The molecule has 35 heavy (non-hydrogen) atoms. The van der Waals surface area contributed by atoms with Gasteiger partial charge in [-0.25, -0.2) is 15.0 Å². The molecule has 3 aromatic heterocycles. The summed E-state index contributed by atoms with van der Waals surface area (Å²) in [6.07, 6.45) is 5.10. The van der Waals surface area contributed by atoms with Crippen molar-refractivity contribution < 1.29 is 0 Å². The van der Waals surface area contributed by atoms with E-state index in [0.717, 1.165) is 60.8 Å². The van der Waals surface area contributed by atoms with Crippen LogP contribution in [0.2, 0.25) is 5.15 Å². The summed E-state index contributed by atoms with van der Waals surface area (Å²) >= 11 is 8.06. The van der Waals surface area contributed by atoms with Crippen LogP contribution in [-0.4, -0.2) is 33.8 Å². The van der Waals surface area contributed by atoms with Gasteiger partial charge in [0, 0.05) is 34.4 Å². The van der Waals surface area contributed by atoms with E-state index in [1.54, 1.807) is 12.1 Å². The van der Waals surface area contributed by atoms with E-state index in [-0.39, 0.29) is 16.9 Å². The molecule has 7 nitrogen and oxygen atoms in total. The fourth-order valence-electron chi connectivity index (χ4n) is 5.63. The first-order chi connectivity index (χ1) is 16.6. The van der Waals surface area contributed by atoms with E-state index in [1.165, 1.54) is 15.3 Å². The minimum Gasteiger partial charge on any atom is -0.384 e. The predicted octanol–water partition coefficient (Wildman–Crippen LogP) is 4.66. The second kappa shape index (κ2) is 7.98. The smallest absolute Gasteiger partial charge is 0.147 e. The number of piperidine rings is 1. The maximum Gasteiger partial charge on any atom is 0.147 e. The second-order valence-corrected chi connectivity index (χ2v) is 12.6. The maximum atomic E-state index is 6.88. The summed E-state index contributed by atoms with van der Waals surface area (Å²) in [6, 6.07) is 6.03. The first-order valence-corrected chi connectivity index (χ1v) is 13.3. The number of pyridine rings is 1. The highest BCUT2D eigenvalue weighted by Crippen LogP contribution is 2.54. The lowest BCUT2D eigenvalue weighted by Gasteiger charge is -2.42. The first kappa shape index (κ1) is 22.9. The highest BCUT2D eigenvalue weighted by Gasteiger charge is 2.47. The van der Waals surface area contributed by atoms with Gasteiger partial charge in [-0.05, 0) is 53.9 Å². The summed E-state index contributed by atoms with van der Waals surface area (Å²) in [4.78, 5) is 23.7. The van der Waals surface area contributed by atoms with Crippen LogP contribution in [0.15, 0.2) is 29.4 Å². The molecule has 6 rings (SSSR count). The van der Waals surface area contributed by atoms with E-state index in [0.29, 0.717) is 17.5 Å². The number of nitrogens with zero attached hydrogens (tertiary/aromatic N) is 5. The Morgan fingerprint density at radius 1 is 1.14 bits per heavy atom. The van der Waals surface area contributed by atoms with Crippen molar-refractivity contribution >= 4 is 40.3 Å². The van der Waals surface area contributed by atoms with Crippen molar-refractivity contribution in [3.63, 3.8) is 0 Å². The molecule has 0 aromatic carbocycles. The highest BCUT2D eigenvalue weighted by atomic mass is 35.5. The lowest BCUT2D eigenvalue weighted by atomic mass is 9.73. The minimum absolute atomic E-state index is 0.119. The van der Waals surface area contributed by atoms with Gasteiger partial charge in [0.1, 0.15) is 22.5 Å². The molecule has 0 bridgehead atoms. The van der Waals surface area contributed by atoms with Crippen molar-refractivity contribution in [2.45, 2.75) is 58.0 Å². The van der Waals surface area contributed by atoms with Gasteiger partial charge in [-0.1, -0.05) is 32.4 Å². The van der Waals surface area contributed by atoms with Gasteiger partial charge in [0.2, 0.25) is 0 Å². The molecular weight excluding hydrogens is 478 g/mol. The van der Waals surface area contributed by atoms with Gasteiger partial charge in [-0.3, -0.25) is 4.99 Å². The van der Waals surface area contributed by atoms with Crippen LogP contribution < -0.4 is 16.4 Å². The zero-order valence-electron chi connectivity index (χ0n) is 20.3. The van der Waals surface area contributed by atoms with Crippen LogP contribution in [-0.2, 0) is 18.4 Å². The molecule has 5 heterocycles. The molecule has 9 heteroatoms. The van der Waals surface area contributed by atoms with E-state index in [4.69, 9.17) is 33.0 Å². The predicted molar refractivity (Wildman–Crippen MR) is 143 cm³/mol. The second-order valence-electron chi connectivity index (χ2n) is 11.0. The fourth-order valence-corrected chi connectivity index (χ4v) is 7.27. The number of nitrogens with two attached hydrogens (primary N) is 2.